The maximum absolute atomic E-state index is 11.9. The van der Waals surface area contributed by atoms with Crippen molar-refractivity contribution >= 4 is 0 Å². The molecule has 0 radical (unpaired) electrons. The predicted molar refractivity (Wildman–Crippen MR) is 90.4 cm³/mol. The monoisotopic (exact) mass is 306 g/mol. The Morgan fingerprint density at radius 2 is 1.74 bits per heavy atom. The van der Waals surface area contributed by atoms with E-state index < -0.39 is 0 Å². The highest BCUT2D eigenvalue weighted by molar-refractivity contribution is 5.56. The molecule has 116 valence electrons. The second-order valence-corrected chi connectivity index (χ2v) is 5.42. The Morgan fingerprint density at radius 1 is 1.04 bits per heavy atom. The molecule has 23 heavy (non-hydrogen) atoms. The van der Waals surface area contributed by atoms with Crippen molar-refractivity contribution in [3.63, 3.8) is 0 Å². The minimum Gasteiger partial charge on any atom is -0.489 e. The molecule has 3 rings (SSSR count). The smallest absolute Gasteiger partial charge is 0.253 e. The molecule has 4 heteroatoms. The molecule has 0 aliphatic rings. The van der Waals surface area contributed by atoms with Gasteiger partial charge < -0.3 is 4.74 Å². The van der Waals surface area contributed by atoms with Gasteiger partial charge >= 0.3 is 0 Å². The molecule has 3 aromatic rings. The molecule has 0 bridgehead atoms. The first-order valence-corrected chi connectivity index (χ1v) is 7.45. The zero-order valence-corrected chi connectivity index (χ0v) is 13.2. The fraction of sp³-hybridized carbons (Fsp3) is 0.158. The number of hydrogen-bond acceptors (Lipinski definition) is 3. The third kappa shape index (κ3) is 3.48. The Bertz CT molecular complexity index is 853. The van der Waals surface area contributed by atoms with Gasteiger partial charge in [-0.1, -0.05) is 30.3 Å². The number of hydrogen-bond donors (Lipinski definition) is 0. The van der Waals surface area contributed by atoms with Crippen LogP contribution < -0.4 is 10.3 Å². The first-order valence-electron chi connectivity index (χ1n) is 7.45. The minimum atomic E-state index is -0.0584. The Morgan fingerprint density at radius 3 is 2.43 bits per heavy atom. The number of ether oxygens (including phenoxy) is 1. The van der Waals surface area contributed by atoms with Crippen molar-refractivity contribution in [3.05, 3.63) is 82.3 Å². The third-order valence-corrected chi connectivity index (χ3v) is 3.62. The third-order valence-electron chi connectivity index (χ3n) is 3.62. The Kier molecular flexibility index (Phi) is 4.24. The zero-order chi connectivity index (χ0) is 16.2. The summed E-state index contributed by atoms with van der Waals surface area (Å²) in [4.78, 5) is 16.3. The number of aryl methyl sites for hydroxylation is 1. The van der Waals surface area contributed by atoms with Crippen LogP contribution in [0.4, 0.5) is 0 Å². The van der Waals surface area contributed by atoms with Crippen LogP contribution in [0.2, 0.25) is 0 Å². The van der Waals surface area contributed by atoms with E-state index >= 15 is 0 Å². The van der Waals surface area contributed by atoms with Gasteiger partial charge in [0, 0.05) is 24.4 Å². The topological polar surface area (TPSA) is 44.1 Å². The van der Waals surface area contributed by atoms with Gasteiger partial charge in [-0.3, -0.25) is 9.36 Å². The normalized spacial score (nSPS) is 10.5. The lowest BCUT2D eigenvalue weighted by Gasteiger charge is -2.10. The molecular formula is C19H18N2O2. The van der Waals surface area contributed by atoms with Crippen LogP contribution in [0.5, 0.6) is 5.75 Å². The maximum Gasteiger partial charge on any atom is 0.253 e. The van der Waals surface area contributed by atoms with Crippen LogP contribution in [0.3, 0.4) is 0 Å². The molecule has 0 spiro atoms. The number of aromatic nitrogens is 2. The Balaban J connectivity index is 1.79. The van der Waals surface area contributed by atoms with E-state index in [0.717, 1.165) is 16.9 Å². The lowest BCUT2D eigenvalue weighted by Crippen LogP contribution is -2.19. The standard InChI is InChI=1S/C19H18N2O2/c1-14-12-18(22)21(2)19(20-14)16-8-10-17(11-9-16)23-13-15-6-4-3-5-7-15/h3-12H,13H2,1-2H3. The van der Waals surface area contributed by atoms with Gasteiger partial charge in [0.05, 0.1) is 0 Å². The molecule has 0 N–H and O–H groups in total. The quantitative estimate of drug-likeness (QED) is 0.742. The minimum absolute atomic E-state index is 0.0584. The average molecular weight is 306 g/mol. The molecule has 0 fully saturated rings. The number of rotatable bonds is 4. The van der Waals surface area contributed by atoms with Crippen molar-refractivity contribution in [3.8, 4) is 17.1 Å². The van der Waals surface area contributed by atoms with Gasteiger partial charge in [-0.2, -0.15) is 0 Å². The lowest BCUT2D eigenvalue weighted by atomic mass is 10.2. The van der Waals surface area contributed by atoms with Crippen LogP contribution in [0, 0.1) is 6.92 Å². The van der Waals surface area contributed by atoms with Crippen molar-refractivity contribution in [1.82, 2.24) is 9.55 Å². The molecule has 0 saturated carbocycles. The van der Waals surface area contributed by atoms with Gasteiger partial charge in [0.2, 0.25) is 0 Å². The molecule has 1 aromatic heterocycles. The van der Waals surface area contributed by atoms with Crippen molar-refractivity contribution in [2.24, 2.45) is 7.05 Å². The van der Waals surface area contributed by atoms with Crippen LogP contribution in [-0.2, 0) is 13.7 Å². The molecule has 0 unspecified atom stereocenters. The Hall–Kier alpha value is -2.88. The van der Waals surface area contributed by atoms with Crippen LogP contribution >= 0.6 is 0 Å². The van der Waals surface area contributed by atoms with E-state index in [0.29, 0.717) is 18.1 Å². The molecule has 4 nitrogen and oxygen atoms in total. The van der Waals surface area contributed by atoms with Crippen LogP contribution in [0.15, 0.2) is 65.5 Å². The summed E-state index contributed by atoms with van der Waals surface area (Å²) in [7, 11) is 1.73. The maximum atomic E-state index is 11.9. The van der Waals surface area contributed by atoms with E-state index in [1.54, 1.807) is 11.6 Å². The van der Waals surface area contributed by atoms with Gasteiger partial charge in [0.15, 0.2) is 0 Å². The highest BCUT2D eigenvalue weighted by Crippen LogP contribution is 2.20. The molecule has 0 atom stereocenters. The summed E-state index contributed by atoms with van der Waals surface area (Å²) in [5.41, 5.74) is 2.67. The Labute approximate surface area is 135 Å². The van der Waals surface area contributed by atoms with Crippen LogP contribution in [-0.4, -0.2) is 9.55 Å². The summed E-state index contributed by atoms with van der Waals surface area (Å²) in [5, 5.41) is 0. The molecule has 2 aromatic carbocycles. The summed E-state index contributed by atoms with van der Waals surface area (Å²) < 4.78 is 7.32. The zero-order valence-electron chi connectivity index (χ0n) is 13.2. The summed E-state index contributed by atoms with van der Waals surface area (Å²) in [6.07, 6.45) is 0. The van der Waals surface area contributed by atoms with Gasteiger partial charge in [-0.05, 0) is 36.8 Å². The molecule has 0 aliphatic heterocycles. The molecule has 0 aliphatic carbocycles. The molecule has 0 saturated heterocycles. The van der Waals surface area contributed by atoms with E-state index in [-0.39, 0.29) is 5.56 Å². The second kappa shape index (κ2) is 6.48. The SMILES string of the molecule is Cc1cc(=O)n(C)c(-c2ccc(OCc3ccccc3)cc2)n1. The van der Waals surface area contributed by atoms with Gasteiger partial charge in [0.1, 0.15) is 18.2 Å². The molecule has 1 heterocycles. The summed E-state index contributed by atoms with van der Waals surface area (Å²) >= 11 is 0. The highest BCUT2D eigenvalue weighted by Gasteiger charge is 2.06. The predicted octanol–water partition coefficient (Wildman–Crippen LogP) is 3.33. The fourth-order valence-corrected chi connectivity index (χ4v) is 2.35. The average Bonchev–Trinajstić information content (AvgIpc) is 2.58. The number of nitrogens with zero attached hydrogens (tertiary/aromatic N) is 2. The van der Waals surface area contributed by atoms with Crippen molar-refractivity contribution in [2.75, 3.05) is 0 Å². The fourth-order valence-electron chi connectivity index (χ4n) is 2.35. The van der Waals surface area contributed by atoms with Gasteiger partial charge in [-0.25, -0.2) is 4.98 Å². The van der Waals surface area contributed by atoms with Crippen LogP contribution in [0.1, 0.15) is 11.3 Å². The second-order valence-electron chi connectivity index (χ2n) is 5.42. The summed E-state index contributed by atoms with van der Waals surface area (Å²) in [6, 6.07) is 19.2. The summed E-state index contributed by atoms with van der Waals surface area (Å²) in [5.74, 6) is 1.44. The number of benzene rings is 2. The molecular weight excluding hydrogens is 288 g/mol. The van der Waals surface area contributed by atoms with E-state index in [1.807, 2.05) is 61.5 Å². The van der Waals surface area contributed by atoms with Gasteiger partial charge in [-0.15, -0.1) is 0 Å². The molecule has 0 amide bonds. The van der Waals surface area contributed by atoms with E-state index in [2.05, 4.69) is 4.98 Å². The van der Waals surface area contributed by atoms with E-state index in [4.69, 9.17) is 4.74 Å². The van der Waals surface area contributed by atoms with E-state index in [1.165, 1.54) is 6.07 Å². The van der Waals surface area contributed by atoms with Crippen molar-refractivity contribution in [2.45, 2.75) is 13.5 Å². The van der Waals surface area contributed by atoms with E-state index in [9.17, 15) is 4.79 Å². The largest absolute Gasteiger partial charge is 0.489 e. The summed E-state index contributed by atoms with van der Waals surface area (Å²) in [6.45, 7) is 2.35. The van der Waals surface area contributed by atoms with Crippen LogP contribution in [0.25, 0.3) is 11.4 Å². The first kappa shape index (κ1) is 15.0. The lowest BCUT2D eigenvalue weighted by molar-refractivity contribution is 0.306. The van der Waals surface area contributed by atoms with Crippen molar-refractivity contribution < 1.29 is 4.74 Å². The van der Waals surface area contributed by atoms with Gasteiger partial charge in [0.25, 0.3) is 5.56 Å². The highest BCUT2D eigenvalue weighted by atomic mass is 16.5. The van der Waals surface area contributed by atoms with Crippen molar-refractivity contribution in [1.29, 1.82) is 0 Å². The first-order chi connectivity index (χ1) is 11.1.